The van der Waals surface area contributed by atoms with Crippen LogP contribution < -0.4 is 0 Å². The normalized spacial score (nSPS) is 5.83. The van der Waals surface area contributed by atoms with Gasteiger partial charge in [0.2, 0.25) is 0 Å². The third-order valence-corrected chi connectivity index (χ3v) is 0. The van der Waals surface area contributed by atoms with Gasteiger partial charge in [-0.15, -0.1) is 0 Å². The van der Waals surface area contributed by atoms with Gasteiger partial charge >= 0.3 is 8.25 Å². The van der Waals surface area contributed by atoms with Crippen molar-refractivity contribution in [2.24, 2.45) is 0 Å². The van der Waals surface area contributed by atoms with E-state index in [9.17, 15) is 0 Å². The minimum absolute atomic E-state index is 0. The van der Waals surface area contributed by atoms with Gasteiger partial charge in [-0.05, 0) is 0 Å². The molecule has 0 atom stereocenters. The van der Waals surface area contributed by atoms with Crippen LogP contribution in [-0.2, 0) is 38.1 Å². The molecule has 0 rings (SSSR count). The van der Waals surface area contributed by atoms with E-state index in [2.05, 4.69) is 0 Å². The first-order valence-corrected chi connectivity index (χ1v) is 1.95. The SMILES string of the molecule is O=[PH](O)O.[Fe].[Ni]. The number of rotatable bonds is 0. The first-order valence-electron chi connectivity index (χ1n) is 0.651. The molecule has 3 nitrogen and oxygen atoms in total. The summed E-state index contributed by atoms with van der Waals surface area (Å²) >= 11 is 0. The molecule has 6 heavy (non-hydrogen) atoms. The molecule has 0 aromatic carbocycles. The monoisotopic (exact) mass is 196 g/mol. The van der Waals surface area contributed by atoms with Crippen molar-refractivity contribution in [3.8, 4) is 0 Å². The van der Waals surface area contributed by atoms with Crippen LogP contribution in [0.2, 0.25) is 0 Å². The van der Waals surface area contributed by atoms with E-state index in [1.54, 1.807) is 0 Å². The molecule has 44 valence electrons. The van der Waals surface area contributed by atoms with Crippen LogP contribution in [-0.4, -0.2) is 9.79 Å². The van der Waals surface area contributed by atoms with Crippen molar-refractivity contribution in [2.75, 3.05) is 0 Å². The Kier molecular flexibility index (Phi) is 24.8. The van der Waals surface area contributed by atoms with Crippen LogP contribution in [0, 0.1) is 0 Å². The molecule has 0 aromatic rings. The molecule has 0 heterocycles. The van der Waals surface area contributed by atoms with Gasteiger partial charge < -0.3 is 9.79 Å². The maximum atomic E-state index is 8.74. The molecule has 0 spiro atoms. The van der Waals surface area contributed by atoms with Crippen molar-refractivity contribution < 1.29 is 47.9 Å². The molecule has 0 aliphatic rings. The molecule has 2 N–H and O–H groups in total. The van der Waals surface area contributed by atoms with Gasteiger partial charge in [0.25, 0.3) is 0 Å². The van der Waals surface area contributed by atoms with E-state index in [0.717, 1.165) is 0 Å². The Morgan fingerprint density at radius 2 is 1.33 bits per heavy atom. The Bertz CT molecular complexity index is 33.8. The van der Waals surface area contributed by atoms with E-state index in [0.29, 0.717) is 0 Å². The predicted octanol–water partition coefficient (Wildman–Crippen LogP) is -0.644. The van der Waals surface area contributed by atoms with Crippen molar-refractivity contribution in [3.63, 3.8) is 0 Å². The van der Waals surface area contributed by atoms with Crippen LogP contribution in [0.25, 0.3) is 0 Å². The minimum atomic E-state index is -3.13. The Morgan fingerprint density at radius 3 is 1.33 bits per heavy atom. The van der Waals surface area contributed by atoms with E-state index in [4.69, 9.17) is 14.4 Å². The molecule has 0 amide bonds. The fourth-order valence-corrected chi connectivity index (χ4v) is 0. The van der Waals surface area contributed by atoms with Crippen LogP contribution in [0.15, 0.2) is 0 Å². The van der Waals surface area contributed by atoms with E-state index in [-0.39, 0.29) is 33.6 Å². The fourth-order valence-electron chi connectivity index (χ4n) is 0. The topological polar surface area (TPSA) is 57.5 Å². The molecular weight excluding hydrogens is 194 g/mol. The van der Waals surface area contributed by atoms with Gasteiger partial charge in [0, 0.05) is 33.6 Å². The summed E-state index contributed by atoms with van der Waals surface area (Å²) in [6.45, 7) is 0. The molecule has 0 unspecified atom stereocenters. The van der Waals surface area contributed by atoms with Crippen molar-refractivity contribution >= 4 is 8.25 Å². The quantitative estimate of drug-likeness (QED) is 0.400. The molecule has 0 saturated heterocycles. The average Bonchev–Trinajstić information content (AvgIpc) is 0.811. The van der Waals surface area contributed by atoms with Gasteiger partial charge in [-0.1, -0.05) is 0 Å². The van der Waals surface area contributed by atoms with Crippen molar-refractivity contribution in [1.29, 1.82) is 0 Å². The molecule has 0 aliphatic heterocycles. The summed E-state index contributed by atoms with van der Waals surface area (Å²) < 4.78 is 8.74. The van der Waals surface area contributed by atoms with Gasteiger partial charge in [0.1, 0.15) is 0 Å². The first kappa shape index (κ1) is 15.7. The molecule has 0 bridgehead atoms. The van der Waals surface area contributed by atoms with Crippen LogP contribution in [0.5, 0.6) is 0 Å². The number of hydrogen-bond acceptors (Lipinski definition) is 1. The van der Waals surface area contributed by atoms with E-state index >= 15 is 0 Å². The maximum absolute atomic E-state index is 8.74. The summed E-state index contributed by atoms with van der Waals surface area (Å²) in [5.74, 6) is 0. The summed E-state index contributed by atoms with van der Waals surface area (Å²) in [6, 6.07) is 0. The fraction of sp³-hybridized carbons (Fsp3) is 0. The molecule has 0 fully saturated rings. The van der Waals surface area contributed by atoms with Crippen molar-refractivity contribution in [1.82, 2.24) is 0 Å². The van der Waals surface area contributed by atoms with Crippen LogP contribution in [0.4, 0.5) is 0 Å². The van der Waals surface area contributed by atoms with Crippen LogP contribution in [0.3, 0.4) is 0 Å². The molecule has 0 saturated carbocycles. The van der Waals surface area contributed by atoms with Crippen molar-refractivity contribution in [2.45, 2.75) is 0 Å². The minimum Gasteiger partial charge on any atom is -0.326 e. The first-order chi connectivity index (χ1) is 1.73. The third-order valence-electron chi connectivity index (χ3n) is 0. The Balaban J connectivity index is -0.0000000450. The number of hydrogen-bond donors (Lipinski definition) is 2. The zero-order chi connectivity index (χ0) is 3.58. The van der Waals surface area contributed by atoms with E-state index in [1.807, 2.05) is 0 Å². The Morgan fingerprint density at radius 1 is 1.33 bits per heavy atom. The van der Waals surface area contributed by atoms with E-state index < -0.39 is 8.25 Å². The molecule has 0 radical (unpaired) electrons. The van der Waals surface area contributed by atoms with Crippen LogP contribution >= 0.6 is 8.25 Å². The van der Waals surface area contributed by atoms with Gasteiger partial charge in [0.15, 0.2) is 0 Å². The van der Waals surface area contributed by atoms with Crippen LogP contribution in [0.1, 0.15) is 0 Å². The third kappa shape index (κ3) is 66.2. The second-order valence-corrected chi connectivity index (χ2v) is 0.848. The second-order valence-electron chi connectivity index (χ2n) is 0.283. The summed E-state index contributed by atoms with van der Waals surface area (Å²) in [7, 11) is -3.13. The second kappa shape index (κ2) is 9.48. The largest absolute Gasteiger partial charge is 0.326 e. The summed E-state index contributed by atoms with van der Waals surface area (Å²) in [6.07, 6.45) is 0. The summed E-state index contributed by atoms with van der Waals surface area (Å²) in [4.78, 5) is 14.3. The van der Waals surface area contributed by atoms with Gasteiger partial charge in [-0.25, -0.2) is 0 Å². The molecular formula is H3FeNiO3P. The molecule has 0 aliphatic carbocycles. The Labute approximate surface area is 56.5 Å². The smallest absolute Gasteiger partial charge is 0.314 e. The standard InChI is InChI=1S/Fe.Ni.H3O3P/c;;1-4(2)3/h;;4H,(H2,1,2,3). The molecule has 6 heteroatoms. The predicted molar refractivity (Wildman–Crippen MR) is 13.4 cm³/mol. The van der Waals surface area contributed by atoms with Gasteiger partial charge in [-0.2, -0.15) is 0 Å². The average molecular weight is 197 g/mol. The van der Waals surface area contributed by atoms with Gasteiger partial charge in [-0.3, -0.25) is 4.57 Å². The molecule has 0 aromatic heterocycles. The maximum Gasteiger partial charge on any atom is 0.314 e. The zero-order valence-corrected chi connectivity index (χ0v) is 5.56. The van der Waals surface area contributed by atoms with Crippen molar-refractivity contribution in [3.05, 3.63) is 0 Å². The van der Waals surface area contributed by atoms with Gasteiger partial charge in [0.05, 0.1) is 0 Å². The Hall–Kier alpha value is 1.16. The zero-order valence-electron chi connectivity index (χ0n) is 2.47. The van der Waals surface area contributed by atoms with E-state index in [1.165, 1.54) is 0 Å². The summed E-state index contributed by atoms with van der Waals surface area (Å²) in [5, 5.41) is 0. The summed E-state index contributed by atoms with van der Waals surface area (Å²) in [5.41, 5.74) is 0.